The maximum absolute atomic E-state index is 13.1. The molecule has 1 aromatic carbocycles. The molecule has 1 aromatic heterocycles. The number of amides is 1. The van der Waals surface area contributed by atoms with E-state index in [2.05, 4.69) is 15.3 Å². The summed E-state index contributed by atoms with van der Waals surface area (Å²) in [5, 5.41) is 2.89. The van der Waals surface area contributed by atoms with Gasteiger partial charge in [0.05, 0.1) is 17.1 Å². The number of hydrogen-bond acceptors (Lipinski definition) is 5. The van der Waals surface area contributed by atoms with E-state index in [9.17, 15) is 18.0 Å². The van der Waals surface area contributed by atoms with Crippen LogP contribution in [-0.4, -0.2) is 83.1 Å². The van der Waals surface area contributed by atoms with Gasteiger partial charge in [0.1, 0.15) is 0 Å². The Morgan fingerprint density at radius 2 is 1.75 bits per heavy atom. The number of fused-ring (bicyclic) bond motifs is 1. The Hall–Kier alpha value is -2.21. The quantitative estimate of drug-likeness (QED) is 0.595. The van der Waals surface area contributed by atoms with Gasteiger partial charge in [-0.15, -0.1) is 0 Å². The number of carbonyl (C=O) groups excluding carboxylic acids is 1. The zero-order valence-electron chi connectivity index (χ0n) is 18.6. The Morgan fingerprint density at radius 1 is 1.09 bits per heavy atom. The molecule has 2 fully saturated rings. The number of hydrogen-bond donors (Lipinski definition) is 3. The molecule has 0 radical (unpaired) electrons. The second-order valence-corrected chi connectivity index (χ2v) is 10.7. The Morgan fingerprint density at radius 3 is 2.44 bits per heavy atom. The van der Waals surface area contributed by atoms with Crippen LogP contribution in [0.5, 0.6) is 0 Å². The summed E-state index contributed by atoms with van der Waals surface area (Å²) in [6.07, 6.45) is 5.20. The van der Waals surface area contributed by atoms with Crippen molar-refractivity contribution in [2.45, 2.75) is 51.1 Å². The molecule has 2 heterocycles. The number of carbonyl (C=O) groups is 1. The lowest BCUT2D eigenvalue weighted by atomic mass is 9.96. The third-order valence-corrected chi connectivity index (χ3v) is 8.81. The lowest BCUT2D eigenvalue weighted by molar-refractivity contribution is -0.121. The van der Waals surface area contributed by atoms with Gasteiger partial charge in [0.2, 0.25) is 5.91 Å². The Labute approximate surface area is 188 Å². The smallest absolute Gasteiger partial charge is 0.323 e. The molecule has 2 aliphatic rings. The highest BCUT2D eigenvalue weighted by Crippen LogP contribution is 2.25. The fraction of sp³-hybridized carbons (Fsp3) is 0.619. The van der Waals surface area contributed by atoms with Gasteiger partial charge in [0, 0.05) is 45.0 Å². The molecule has 176 valence electrons. The van der Waals surface area contributed by atoms with Crippen molar-refractivity contribution < 1.29 is 13.2 Å². The third kappa shape index (κ3) is 4.75. The van der Waals surface area contributed by atoms with E-state index < -0.39 is 16.3 Å². The van der Waals surface area contributed by atoms with E-state index in [0.29, 0.717) is 42.9 Å². The van der Waals surface area contributed by atoms with Gasteiger partial charge in [-0.25, -0.2) is 4.79 Å². The van der Waals surface area contributed by atoms with Crippen LogP contribution in [0.25, 0.3) is 11.0 Å². The number of aromatic nitrogens is 2. The Balaban J connectivity index is 1.33. The summed E-state index contributed by atoms with van der Waals surface area (Å²) in [6, 6.07) is 4.87. The Bertz CT molecular complexity index is 1110. The van der Waals surface area contributed by atoms with Crippen LogP contribution < -0.4 is 11.0 Å². The maximum Gasteiger partial charge on any atom is 0.323 e. The molecule has 3 N–H and O–H groups in total. The minimum absolute atomic E-state index is 0.0868. The van der Waals surface area contributed by atoms with E-state index >= 15 is 0 Å². The van der Waals surface area contributed by atoms with E-state index in [4.69, 9.17) is 0 Å². The largest absolute Gasteiger partial charge is 0.325 e. The van der Waals surface area contributed by atoms with Crippen LogP contribution in [-0.2, 0) is 15.0 Å². The highest BCUT2D eigenvalue weighted by atomic mass is 32.2. The standard InChI is InChI=1S/C21H32N6O4S/c1-15(20(28)22-16-8-9-18-19(14-16)24-21(29)23-18)26-10-12-27(13-11-26)32(30,31)25(2)17-6-4-3-5-7-17/h8-9,14-15,17H,3-7,10-13H2,1-2H3,(H,22,28)(H2,23,24,29). The molecule has 32 heavy (non-hydrogen) atoms. The first-order valence-corrected chi connectivity index (χ1v) is 12.7. The molecular formula is C21H32N6O4S. The molecular weight excluding hydrogens is 432 g/mol. The second-order valence-electron chi connectivity index (χ2n) is 8.76. The van der Waals surface area contributed by atoms with E-state index in [0.717, 1.165) is 25.7 Å². The second kappa shape index (κ2) is 9.34. The number of benzene rings is 1. The molecule has 1 unspecified atom stereocenters. The molecule has 0 spiro atoms. The van der Waals surface area contributed by atoms with Crippen molar-refractivity contribution >= 4 is 32.8 Å². The van der Waals surface area contributed by atoms with Crippen molar-refractivity contribution in [2.24, 2.45) is 0 Å². The van der Waals surface area contributed by atoms with E-state index in [1.165, 1.54) is 6.42 Å². The highest BCUT2D eigenvalue weighted by Gasteiger charge is 2.36. The monoisotopic (exact) mass is 464 g/mol. The number of rotatable bonds is 6. The highest BCUT2D eigenvalue weighted by molar-refractivity contribution is 7.86. The van der Waals surface area contributed by atoms with Crippen LogP contribution >= 0.6 is 0 Å². The summed E-state index contributed by atoms with van der Waals surface area (Å²) < 4.78 is 29.2. The number of nitrogens with zero attached hydrogens (tertiary/aromatic N) is 3. The van der Waals surface area contributed by atoms with Gasteiger partial charge in [-0.2, -0.15) is 17.0 Å². The predicted octanol–water partition coefficient (Wildman–Crippen LogP) is 1.31. The number of imidazole rings is 1. The van der Waals surface area contributed by atoms with Crippen molar-refractivity contribution in [1.82, 2.24) is 23.5 Å². The minimum Gasteiger partial charge on any atom is -0.325 e. The van der Waals surface area contributed by atoms with Gasteiger partial charge in [-0.05, 0) is 38.0 Å². The zero-order chi connectivity index (χ0) is 22.9. The first-order valence-electron chi connectivity index (χ1n) is 11.3. The SMILES string of the molecule is CC(C(=O)Nc1ccc2[nH]c(=O)[nH]c2c1)N1CCN(S(=O)(=O)N(C)C2CCCCC2)CC1. The maximum atomic E-state index is 13.1. The number of piperazine rings is 1. The van der Waals surface area contributed by atoms with Crippen molar-refractivity contribution in [2.75, 3.05) is 38.5 Å². The van der Waals surface area contributed by atoms with Gasteiger partial charge in [0.15, 0.2) is 0 Å². The van der Waals surface area contributed by atoms with Crippen molar-refractivity contribution in [3.8, 4) is 0 Å². The van der Waals surface area contributed by atoms with Gasteiger partial charge >= 0.3 is 5.69 Å². The van der Waals surface area contributed by atoms with Crippen LogP contribution in [0.15, 0.2) is 23.0 Å². The van der Waals surface area contributed by atoms with Crippen molar-refractivity contribution in [3.05, 3.63) is 28.7 Å². The summed E-state index contributed by atoms with van der Waals surface area (Å²) in [6.45, 7) is 3.55. The zero-order valence-corrected chi connectivity index (χ0v) is 19.5. The number of anilines is 1. The lowest BCUT2D eigenvalue weighted by Gasteiger charge is -2.40. The number of H-pyrrole nitrogens is 2. The fourth-order valence-electron chi connectivity index (χ4n) is 4.66. The summed E-state index contributed by atoms with van der Waals surface area (Å²) in [5.41, 5.74) is 1.61. The number of aromatic amines is 2. The van der Waals surface area contributed by atoms with E-state index in [1.54, 1.807) is 33.9 Å². The number of nitrogens with one attached hydrogen (secondary N) is 3. The van der Waals surface area contributed by atoms with Gasteiger partial charge in [0.25, 0.3) is 10.2 Å². The normalized spacial score (nSPS) is 20.6. The summed E-state index contributed by atoms with van der Waals surface area (Å²) in [4.78, 5) is 31.5. The summed E-state index contributed by atoms with van der Waals surface area (Å²) in [5.74, 6) is -0.169. The summed E-state index contributed by atoms with van der Waals surface area (Å²) in [7, 11) is -1.79. The first kappa shape index (κ1) is 23.0. The molecule has 2 aromatic rings. The average molecular weight is 465 g/mol. The fourth-order valence-corrected chi connectivity index (χ4v) is 6.24. The minimum atomic E-state index is -3.49. The van der Waals surface area contributed by atoms with Gasteiger partial charge < -0.3 is 15.3 Å². The van der Waals surface area contributed by atoms with Crippen LogP contribution in [0, 0.1) is 0 Å². The van der Waals surface area contributed by atoms with Crippen molar-refractivity contribution in [1.29, 1.82) is 0 Å². The van der Waals surface area contributed by atoms with Crippen LogP contribution in [0.4, 0.5) is 5.69 Å². The molecule has 0 bridgehead atoms. The molecule has 1 amide bonds. The first-order chi connectivity index (χ1) is 15.3. The molecule has 1 saturated heterocycles. The molecule has 10 nitrogen and oxygen atoms in total. The van der Waals surface area contributed by atoms with Crippen molar-refractivity contribution in [3.63, 3.8) is 0 Å². The third-order valence-electron chi connectivity index (χ3n) is 6.76. The van der Waals surface area contributed by atoms with E-state index in [-0.39, 0.29) is 17.6 Å². The Kier molecular flexibility index (Phi) is 6.70. The molecule has 11 heteroatoms. The lowest BCUT2D eigenvalue weighted by Crippen LogP contribution is -2.57. The van der Waals surface area contributed by atoms with E-state index in [1.807, 2.05) is 11.8 Å². The van der Waals surface area contributed by atoms with Crippen LogP contribution in [0.3, 0.4) is 0 Å². The molecule has 1 aliphatic carbocycles. The summed E-state index contributed by atoms with van der Waals surface area (Å²) >= 11 is 0. The molecule has 1 atom stereocenters. The topological polar surface area (TPSA) is 122 Å². The van der Waals surface area contributed by atoms with Crippen LogP contribution in [0.2, 0.25) is 0 Å². The van der Waals surface area contributed by atoms with Crippen LogP contribution in [0.1, 0.15) is 39.0 Å². The van der Waals surface area contributed by atoms with Gasteiger partial charge in [-0.3, -0.25) is 9.69 Å². The molecule has 4 rings (SSSR count). The average Bonchev–Trinajstić information content (AvgIpc) is 3.18. The molecule has 1 aliphatic heterocycles. The molecule has 1 saturated carbocycles. The van der Waals surface area contributed by atoms with Gasteiger partial charge in [-0.1, -0.05) is 19.3 Å². The predicted molar refractivity (Wildman–Crippen MR) is 124 cm³/mol.